The summed E-state index contributed by atoms with van der Waals surface area (Å²) in [5.41, 5.74) is -2.57. The number of aliphatic hydroxyl groups is 3. The van der Waals surface area contributed by atoms with Crippen LogP contribution in [0.3, 0.4) is 0 Å². The second kappa shape index (κ2) is 23.5. The minimum atomic E-state index is -1.88. The van der Waals surface area contributed by atoms with Crippen LogP contribution in [-0.2, 0) is 33.4 Å². The zero-order valence-corrected chi connectivity index (χ0v) is 38.3. The van der Waals surface area contributed by atoms with Crippen molar-refractivity contribution >= 4 is 17.5 Å². The van der Waals surface area contributed by atoms with Gasteiger partial charge in [0.1, 0.15) is 29.8 Å². The highest BCUT2D eigenvalue weighted by Gasteiger charge is 2.51. The van der Waals surface area contributed by atoms with Crippen molar-refractivity contribution in [3.05, 3.63) is 0 Å². The van der Waals surface area contributed by atoms with Gasteiger partial charge < -0.3 is 44.0 Å². The first kappa shape index (κ1) is 50.6. The Morgan fingerprint density at radius 3 is 2.19 bits per heavy atom. The maximum atomic E-state index is 14.3. The van der Waals surface area contributed by atoms with E-state index < -0.39 is 77.3 Å². The summed E-state index contributed by atoms with van der Waals surface area (Å²) in [5.74, 6) is -4.54. The highest BCUT2D eigenvalue weighted by atomic mass is 16.7. The molecular formula is C45H83N3O10. The van der Waals surface area contributed by atoms with Crippen LogP contribution in [0, 0.1) is 23.7 Å². The summed E-state index contributed by atoms with van der Waals surface area (Å²) >= 11 is 0. The molecule has 338 valence electrons. The number of nitrogens with zero attached hydrogens (tertiary/aromatic N) is 3. The summed E-state index contributed by atoms with van der Waals surface area (Å²) in [6, 6.07) is -0.257. The molecule has 0 aromatic carbocycles. The quantitative estimate of drug-likeness (QED) is 0.0709. The average molecular weight is 826 g/mol. The number of cyclic esters (lactones) is 1. The smallest absolute Gasteiger partial charge is 0.316 e. The summed E-state index contributed by atoms with van der Waals surface area (Å²) in [7, 11) is 5.34. The minimum Gasteiger partial charge on any atom is -0.459 e. The molecule has 3 rings (SSSR count). The number of unbranched alkanes of at least 4 members (excludes halogenated alkanes) is 7. The lowest BCUT2D eigenvalue weighted by Crippen LogP contribution is -2.60. The van der Waals surface area contributed by atoms with Crippen LogP contribution in [0.25, 0.3) is 0 Å². The number of oxime groups is 1. The first-order valence-electron chi connectivity index (χ1n) is 22.6. The van der Waals surface area contributed by atoms with Gasteiger partial charge in [-0.1, -0.05) is 84.7 Å². The fraction of sp³-hybridized carbons (Fsp3) is 0.933. The molecular weight excluding hydrogens is 743 g/mol. The van der Waals surface area contributed by atoms with Crippen LogP contribution in [0.1, 0.15) is 146 Å². The van der Waals surface area contributed by atoms with Gasteiger partial charge in [0.25, 0.3) is 0 Å². The van der Waals surface area contributed by atoms with Gasteiger partial charge in [0.15, 0.2) is 12.1 Å². The number of ketones is 1. The standard InChI is InChI=1S/C45H83N3O10/c1-13-15-16-17-18-19-20-21-24-48-25-22-23-34(28-48)58-46-37-29(3)27-44(8,54-12)41(57-43-39(50)35(47(10)11)26-30(4)55-43)32(6)38(49)33(7)42(52)56-36(14-2)45(9,53)40(51)31(37)5/h29-36,39-41,43,50-51,53H,13-28H2,1-12H3/b46-37+/t29-,30-,31+,32+,33-,34?,35+,36-,39-,40-,41-,43+,44-,45-/m1/s1. The van der Waals surface area contributed by atoms with E-state index >= 15 is 0 Å². The third-order valence-corrected chi connectivity index (χ3v) is 13.4. The van der Waals surface area contributed by atoms with Gasteiger partial charge in [-0.2, -0.15) is 0 Å². The summed E-state index contributed by atoms with van der Waals surface area (Å²) < 4.78 is 25.1. The van der Waals surface area contributed by atoms with Crippen molar-refractivity contribution in [3.8, 4) is 0 Å². The highest BCUT2D eigenvalue weighted by molar-refractivity contribution is 6.00. The number of rotatable bonds is 16. The predicted molar refractivity (Wildman–Crippen MR) is 226 cm³/mol. The molecule has 14 atom stereocenters. The Bertz CT molecular complexity index is 1280. The molecule has 0 aromatic heterocycles. The van der Waals surface area contributed by atoms with Crippen LogP contribution in [0.2, 0.25) is 0 Å². The number of likely N-dealkylation sites (tertiary alicyclic amines) is 1. The first-order chi connectivity index (χ1) is 27.3. The lowest BCUT2D eigenvalue weighted by Gasteiger charge is -2.47. The molecule has 0 amide bonds. The Kier molecular flexibility index (Phi) is 20.5. The van der Waals surface area contributed by atoms with Crippen molar-refractivity contribution in [2.75, 3.05) is 40.8 Å². The fourth-order valence-electron chi connectivity index (χ4n) is 9.52. The topological polar surface area (TPSA) is 160 Å². The van der Waals surface area contributed by atoms with E-state index in [9.17, 15) is 24.9 Å². The molecule has 3 N–H and O–H groups in total. The van der Waals surface area contributed by atoms with Gasteiger partial charge in [0.2, 0.25) is 0 Å². The number of methoxy groups -OCH3 is 1. The second-order valence-electron chi connectivity index (χ2n) is 18.6. The zero-order valence-electron chi connectivity index (χ0n) is 38.3. The van der Waals surface area contributed by atoms with E-state index in [0.717, 1.165) is 38.9 Å². The molecule has 0 bridgehead atoms. The largest absolute Gasteiger partial charge is 0.459 e. The van der Waals surface area contributed by atoms with Gasteiger partial charge in [-0.25, -0.2) is 0 Å². The molecule has 3 saturated heterocycles. The van der Waals surface area contributed by atoms with Crippen LogP contribution in [0.15, 0.2) is 5.16 Å². The summed E-state index contributed by atoms with van der Waals surface area (Å²) in [4.78, 5) is 38.7. The van der Waals surface area contributed by atoms with E-state index in [1.54, 1.807) is 27.9 Å². The van der Waals surface area contributed by atoms with E-state index in [4.69, 9.17) is 28.9 Å². The minimum absolute atomic E-state index is 0.148. The van der Waals surface area contributed by atoms with E-state index in [1.807, 2.05) is 39.8 Å². The van der Waals surface area contributed by atoms with Crippen LogP contribution in [0.4, 0.5) is 0 Å². The monoisotopic (exact) mass is 826 g/mol. The van der Waals surface area contributed by atoms with Crippen molar-refractivity contribution in [3.63, 3.8) is 0 Å². The zero-order chi connectivity index (χ0) is 43.4. The SMILES string of the molecule is CCCCCCCCCCN1CCCC(O/N=C2\[C@H](C)C[C@@](C)(OC)[C@H](O[C@@H]3O[C@H](C)C[C@H](N(C)C)[C@H]3O)[C@@H](C)C(=O)[C@@H](C)C(=O)O[C@H](CC)[C@@](C)(O)[C@H](O)[C@H]2C)C1. The van der Waals surface area contributed by atoms with Crippen molar-refractivity contribution in [1.82, 2.24) is 9.80 Å². The Balaban J connectivity index is 1.98. The average Bonchev–Trinajstić information content (AvgIpc) is 3.19. The van der Waals surface area contributed by atoms with Crippen molar-refractivity contribution in [2.45, 2.75) is 206 Å². The Hall–Kier alpha value is -1.71. The van der Waals surface area contributed by atoms with Crippen molar-refractivity contribution in [2.24, 2.45) is 28.8 Å². The molecule has 0 aliphatic carbocycles. The Morgan fingerprint density at radius 2 is 1.59 bits per heavy atom. The van der Waals surface area contributed by atoms with Gasteiger partial charge >= 0.3 is 5.97 Å². The van der Waals surface area contributed by atoms with Gasteiger partial charge in [-0.15, -0.1) is 0 Å². The molecule has 0 saturated carbocycles. The lowest BCUT2D eigenvalue weighted by atomic mass is 9.74. The number of likely N-dealkylation sites (N-methyl/N-ethyl adjacent to an activating group) is 1. The third-order valence-electron chi connectivity index (χ3n) is 13.4. The molecule has 3 aliphatic rings. The van der Waals surface area contributed by atoms with E-state index in [0.29, 0.717) is 12.1 Å². The number of carbonyl (C=O) groups is 2. The van der Waals surface area contributed by atoms with Crippen LogP contribution < -0.4 is 0 Å². The van der Waals surface area contributed by atoms with Crippen molar-refractivity contribution in [1.29, 1.82) is 0 Å². The molecule has 0 spiro atoms. The Morgan fingerprint density at radius 1 is 0.948 bits per heavy atom. The number of piperidine rings is 1. The number of carbonyl (C=O) groups excluding carboxylic acids is 2. The molecule has 3 fully saturated rings. The van der Waals surface area contributed by atoms with Crippen LogP contribution >= 0.6 is 0 Å². The molecule has 0 radical (unpaired) electrons. The number of hydrogen-bond donors (Lipinski definition) is 3. The lowest BCUT2D eigenvalue weighted by molar-refractivity contribution is -0.295. The molecule has 13 nitrogen and oxygen atoms in total. The van der Waals surface area contributed by atoms with Gasteiger partial charge in [-0.3, -0.25) is 14.5 Å². The molecule has 13 heteroatoms. The van der Waals surface area contributed by atoms with Gasteiger partial charge in [-0.05, 0) is 93.4 Å². The highest BCUT2D eigenvalue weighted by Crippen LogP contribution is 2.39. The number of ether oxygens (including phenoxy) is 4. The second-order valence-corrected chi connectivity index (χ2v) is 18.6. The number of hydrogen-bond acceptors (Lipinski definition) is 13. The Labute approximate surface area is 350 Å². The van der Waals surface area contributed by atoms with Gasteiger partial charge in [0, 0.05) is 37.5 Å². The number of aliphatic hydroxyl groups excluding tert-OH is 2. The van der Waals surface area contributed by atoms with Crippen LogP contribution in [-0.4, -0.2) is 144 Å². The molecule has 3 aliphatic heterocycles. The molecule has 1 unspecified atom stereocenters. The first-order valence-corrected chi connectivity index (χ1v) is 22.6. The summed E-state index contributed by atoms with van der Waals surface area (Å²) in [6.07, 6.45) is 7.07. The maximum Gasteiger partial charge on any atom is 0.316 e. The van der Waals surface area contributed by atoms with E-state index in [1.165, 1.54) is 58.8 Å². The van der Waals surface area contributed by atoms with E-state index in [2.05, 4.69) is 11.8 Å². The molecule has 3 heterocycles. The maximum absolute atomic E-state index is 14.3. The predicted octanol–water partition coefficient (Wildman–Crippen LogP) is 6.13. The van der Waals surface area contributed by atoms with Crippen molar-refractivity contribution < 1.29 is 48.7 Å². The fourth-order valence-corrected chi connectivity index (χ4v) is 9.52. The summed E-state index contributed by atoms with van der Waals surface area (Å²) in [5, 5.41) is 40.2. The normalized spacial score (nSPS) is 39.8. The number of esters is 1. The molecule has 58 heavy (non-hydrogen) atoms. The summed E-state index contributed by atoms with van der Waals surface area (Å²) in [6.45, 7) is 19.0. The van der Waals surface area contributed by atoms with E-state index in [-0.39, 0.29) is 31.1 Å². The molecule has 0 aromatic rings. The number of Topliss-reactive ketones (excluding diaryl/α,β-unsaturated/α-hetero) is 1. The van der Waals surface area contributed by atoms with Gasteiger partial charge in [0.05, 0.1) is 29.6 Å². The van der Waals surface area contributed by atoms with Crippen LogP contribution in [0.5, 0.6) is 0 Å². The third kappa shape index (κ3) is 13.4.